The highest BCUT2D eigenvalue weighted by Crippen LogP contribution is 2.29. The standard InChI is InChI=1S/C81H72O9/c1-82-73-31-19-58(20-32-73)7-13-64-43-65(14-8-59-21-33-74(83-2)34-22-59)50-79(49-64)88-55-70-46-71(56-89-80-51-66(15-9-60-23-35-75(84-3)36-24-60)44-67(52-80)16-10-61-25-37-76(85-4)38-26-61)48-72(47-70)57-90-81-53-68(17-11-62-27-39-77(86-5)40-28-62)45-69(54-81)18-12-63-29-41-78(87-6)42-30-63/h7-54H,55-57H2,1-6H3/b13-7+,14-8+,15-9+,16-10+,17-11+,18-12+. The largest absolute Gasteiger partial charge is 0.497 e. The van der Waals surface area contributed by atoms with Gasteiger partial charge in [0.25, 0.3) is 0 Å². The maximum atomic E-state index is 6.80. The Morgan fingerprint density at radius 1 is 0.178 bits per heavy atom. The molecule has 0 fully saturated rings. The molecule has 0 saturated heterocycles. The molecule has 0 aliphatic carbocycles. The summed E-state index contributed by atoms with van der Waals surface area (Å²) < 4.78 is 52.9. The van der Waals surface area contributed by atoms with E-state index in [0.717, 1.165) is 118 Å². The topological polar surface area (TPSA) is 83.1 Å². The van der Waals surface area contributed by atoms with Crippen LogP contribution in [-0.4, -0.2) is 42.7 Å². The Hall–Kier alpha value is -11.2. The van der Waals surface area contributed by atoms with Crippen molar-refractivity contribution in [2.24, 2.45) is 0 Å². The number of ether oxygens (including phenoxy) is 9. The molecule has 0 heterocycles. The van der Waals surface area contributed by atoms with Gasteiger partial charge in [-0.05, 0) is 229 Å². The van der Waals surface area contributed by atoms with Crippen LogP contribution in [0.4, 0.5) is 0 Å². The van der Waals surface area contributed by atoms with E-state index in [-0.39, 0.29) is 19.8 Å². The van der Waals surface area contributed by atoms with Gasteiger partial charge in [0.1, 0.15) is 71.6 Å². The summed E-state index contributed by atoms with van der Waals surface area (Å²) in [6.07, 6.45) is 25.1. The summed E-state index contributed by atoms with van der Waals surface area (Å²) >= 11 is 0. The average Bonchev–Trinajstić information content (AvgIpc) is 3.76. The van der Waals surface area contributed by atoms with Crippen molar-refractivity contribution in [3.63, 3.8) is 0 Å². The van der Waals surface area contributed by atoms with Crippen molar-refractivity contribution in [1.82, 2.24) is 0 Å². The van der Waals surface area contributed by atoms with Gasteiger partial charge in [0.15, 0.2) is 0 Å². The predicted molar refractivity (Wildman–Crippen MR) is 370 cm³/mol. The van der Waals surface area contributed by atoms with Crippen LogP contribution in [0.5, 0.6) is 51.7 Å². The van der Waals surface area contributed by atoms with Gasteiger partial charge in [-0.15, -0.1) is 0 Å². The third kappa shape index (κ3) is 18.7. The van der Waals surface area contributed by atoms with Crippen LogP contribution in [0.2, 0.25) is 0 Å². The lowest BCUT2D eigenvalue weighted by Gasteiger charge is -2.15. The minimum Gasteiger partial charge on any atom is -0.497 e. The van der Waals surface area contributed by atoms with Gasteiger partial charge in [-0.3, -0.25) is 0 Å². The molecule has 450 valence electrons. The number of benzene rings is 10. The van der Waals surface area contributed by atoms with Crippen LogP contribution >= 0.6 is 0 Å². The van der Waals surface area contributed by atoms with Gasteiger partial charge in [-0.1, -0.05) is 146 Å². The van der Waals surface area contributed by atoms with Crippen LogP contribution < -0.4 is 42.6 Å². The summed E-state index contributed by atoms with van der Waals surface area (Å²) in [4.78, 5) is 0. The first-order valence-corrected chi connectivity index (χ1v) is 29.5. The lowest BCUT2D eigenvalue weighted by atomic mass is 10.1. The lowest BCUT2D eigenvalue weighted by molar-refractivity contribution is 0.293. The number of hydrogen-bond donors (Lipinski definition) is 0. The van der Waals surface area contributed by atoms with Crippen molar-refractivity contribution < 1.29 is 42.6 Å². The minimum absolute atomic E-state index is 0.270. The van der Waals surface area contributed by atoms with Crippen LogP contribution in [-0.2, 0) is 19.8 Å². The molecule has 0 atom stereocenters. The Bertz CT molecular complexity index is 3470. The summed E-state index contributed by atoms with van der Waals surface area (Å²) in [6, 6.07) is 73.2. The first-order chi connectivity index (χ1) is 44.1. The monoisotopic (exact) mass is 1190 g/mol. The van der Waals surface area contributed by atoms with Crippen molar-refractivity contribution in [3.05, 3.63) is 302 Å². The maximum absolute atomic E-state index is 6.80. The van der Waals surface area contributed by atoms with Crippen molar-refractivity contribution in [2.75, 3.05) is 42.7 Å². The molecule has 9 nitrogen and oxygen atoms in total. The second kappa shape index (κ2) is 31.5. The predicted octanol–water partition coefficient (Wildman–Crippen LogP) is 19.5. The third-order valence-electron chi connectivity index (χ3n) is 14.7. The molecule has 0 unspecified atom stereocenters. The van der Waals surface area contributed by atoms with E-state index >= 15 is 0 Å². The van der Waals surface area contributed by atoms with E-state index in [1.54, 1.807) is 42.7 Å². The number of methoxy groups -OCH3 is 6. The molecule has 0 aromatic heterocycles. The maximum Gasteiger partial charge on any atom is 0.121 e. The van der Waals surface area contributed by atoms with Crippen molar-refractivity contribution >= 4 is 72.9 Å². The van der Waals surface area contributed by atoms with E-state index in [4.69, 9.17) is 42.6 Å². The van der Waals surface area contributed by atoms with E-state index in [0.29, 0.717) is 17.2 Å². The van der Waals surface area contributed by atoms with E-state index in [2.05, 4.69) is 146 Å². The first-order valence-electron chi connectivity index (χ1n) is 29.5. The molecule has 10 rings (SSSR count). The van der Waals surface area contributed by atoms with E-state index in [1.807, 2.05) is 146 Å². The van der Waals surface area contributed by atoms with Crippen molar-refractivity contribution in [2.45, 2.75) is 19.8 Å². The van der Waals surface area contributed by atoms with Crippen molar-refractivity contribution in [1.29, 1.82) is 0 Å². The van der Waals surface area contributed by atoms with Crippen LogP contribution in [0, 0.1) is 0 Å². The molecule has 10 aromatic rings. The smallest absolute Gasteiger partial charge is 0.121 e. The second-order valence-corrected chi connectivity index (χ2v) is 21.2. The SMILES string of the molecule is COc1ccc(/C=C/c2cc(/C=C/c3ccc(OC)cc3)cc(OCc3cc(COc4cc(/C=C/c5ccc(OC)cc5)cc(/C=C/c5ccc(OC)cc5)c4)cc(COc4cc(/C=C/c5ccc(OC)cc5)cc(/C=C/c5ccc(OC)cc5)c4)c3)c2)cc1. The van der Waals surface area contributed by atoms with Gasteiger partial charge in [0.2, 0.25) is 0 Å². The van der Waals surface area contributed by atoms with Gasteiger partial charge in [0.05, 0.1) is 42.7 Å². The molecule has 0 amide bonds. The molecule has 0 aliphatic heterocycles. The van der Waals surface area contributed by atoms with Crippen molar-refractivity contribution in [3.8, 4) is 51.7 Å². The van der Waals surface area contributed by atoms with Crippen LogP contribution in [0.25, 0.3) is 72.9 Å². The molecule has 0 bridgehead atoms. The zero-order valence-corrected chi connectivity index (χ0v) is 51.5. The molecule has 0 aliphatic rings. The highest BCUT2D eigenvalue weighted by molar-refractivity contribution is 5.79. The van der Waals surface area contributed by atoms with Crippen LogP contribution in [0.15, 0.2) is 218 Å². The zero-order chi connectivity index (χ0) is 62.3. The Morgan fingerprint density at radius 3 is 0.489 bits per heavy atom. The van der Waals surface area contributed by atoms with Gasteiger partial charge >= 0.3 is 0 Å². The number of rotatable bonds is 27. The highest BCUT2D eigenvalue weighted by Gasteiger charge is 2.10. The molecule has 10 aromatic carbocycles. The quantitative estimate of drug-likeness (QED) is 0.0468. The summed E-state index contributed by atoms with van der Waals surface area (Å²) in [5.74, 6) is 6.96. The summed E-state index contributed by atoms with van der Waals surface area (Å²) in [7, 11) is 10.0. The molecule has 90 heavy (non-hydrogen) atoms. The normalized spacial score (nSPS) is 11.5. The summed E-state index contributed by atoms with van der Waals surface area (Å²) in [5, 5.41) is 0. The summed E-state index contributed by atoms with van der Waals surface area (Å²) in [6.45, 7) is 0.810. The van der Waals surface area contributed by atoms with Crippen LogP contribution in [0.1, 0.15) is 83.5 Å². The van der Waals surface area contributed by atoms with Gasteiger partial charge in [-0.2, -0.15) is 0 Å². The minimum atomic E-state index is 0.270. The third-order valence-corrected chi connectivity index (χ3v) is 14.7. The van der Waals surface area contributed by atoms with Gasteiger partial charge in [0, 0.05) is 0 Å². The lowest BCUT2D eigenvalue weighted by Crippen LogP contribution is -2.04. The fourth-order valence-electron chi connectivity index (χ4n) is 9.80. The summed E-state index contributed by atoms with van der Waals surface area (Å²) in [5.41, 5.74) is 15.0. The molecular formula is C81H72O9. The molecule has 0 N–H and O–H groups in total. The van der Waals surface area contributed by atoms with E-state index < -0.39 is 0 Å². The molecule has 9 heteroatoms. The van der Waals surface area contributed by atoms with E-state index in [9.17, 15) is 0 Å². The first kappa shape index (κ1) is 61.9. The van der Waals surface area contributed by atoms with Gasteiger partial charge in [-0.25, -0.2) is 0 Å². The van der Waals surface area contributed by atoms with Gasteiger partial charge < -0.3 is 42.6 Å². The molecule has 0 saturated carbocycles. The highest BCUT2D eigenvalue weighted by atomic mass is 16.5. The Balaban J connectivity index is 0.974. The fourth-order valence-corrected chi connectivity index (χ4v) is 9.80. The fraction of sp³-hybridized carbons (Fsp3) is 0.111. The molecule has 0 spiro atoms. The Labute approximate surface area is 528 Å². The average molecular weight is 1190 g/mol. The second-order valence-electron chi connectivity index (χ2n) is 21.2. The Morgan fingerprint density at radius 2 is 0.333 bits per heavy atom. The Kier molecular flexibility index (Phi) is 21.7. The van der Waals surface area contributed by atoms with Crippen LogP contribution in [0.3, 0.4) is 0 Å². The zero-order valence-electron chi connectivity index (χ0n) is 51.5. The number of hydrogen-bond acceptors (Lipinski definition) is 9. The molecule has 0 radical (unpaired) electrons. The molecular weight excluding hydrogens is 1120 g/mol. The van der Waals surface area contributed by atoms with E-state index in [1.165, 1.54) is 0 Å².